The van der Waals surface area contributed by atoms with E-state index < -0.39 is 25.9 Å². The highest BCUT2D eigenvalue weighted by atomic mass is 31.2. The number of hydrogen-bond acceptors (Lipinski definition) is 5. The smallest absolute Gasteiger partial charge is 0.341 e. The van der Waals surface area contributed by atoms with Gasteiger partial charge in [0, 0.05) is 0 Å². The van der Waals surface area contributed by atoms with E-state index in [-0.39, 0.29) is 11.5 Å². The Kier molecular flexibility index (Phi) is 6.73. The summed E-state index contributed by atoms with van der Waals surface area (Å²) in [5, 5.41) is 18.2. The predicted molar refractivity (Wildman–Crippen MR) is 54.9 cm³/mol. The molecule has 0 rings (SSSR count). The molecule has 96 valence electrons. The Bertz CT molecular complexity index is 268. The predicted octanol–water partition coefficient (Wildman–Crippen LogP) is -0.605. The van der Waals surface area contributed by atoms with Crippen LogP contribution in [0.1, 0.15) is 19.3 Å². The summed E-state index contributed by atoms with van der Waals surface area (Å²) in [7, 11) is -4.47. The van der Waals surface area contributed by atoms with E-state index in [2.05, 4.69) is 0 Å². The van der Waals surface area contributed by atoms with Crippen LogP contribution in [0.4, 0.5) is 0 Å². The normalized spacial score (nSPS) is 14.1. The van der Waals surface area contributed by atoms with Crippen molar-refractivity contribution in [2.75, 3.05) is 12.8 Å². The minimum Gasteiger partial charge on any atom is -0.480 e. The second kappa shape index (κ2) is 6.95. The molecule has 1 unspecified atom stereocenters. The van der Waals surface area contributed by atoms with E-state index in [1.807, 2.05) is 0 Å². The van der Waals surface area contributed by atoms with Crippen LogP contribution in [-0.4, -0.2) is 50.0 Å². The second-order valence-corrected chi connectivity index (χ2v) is 5.00. The number of nitrogens with zero attached hydrogens (tertiary/aromatic N) is 1. The zero-order valence-corrected chi connectivity index (χ0v) is 9.58. The number of hydroxylamine groups is 2. The summed E-state index contributed by atoms with van der Waals surface area (Å²) >= 11 is 0. The fraction of sp³-hybridized carbons (Fsp3) is 0.857. The van der Waals surface area contributed by atoms with Crippen LogP contribution in [0.3, 0.4) is 0 Å². The molecule has 0 spiro atoms. The van der Waals surface area contributed by atoms with Crippen molar-refractivity contribution in [3.05, 3.63) is 0 Å². The van der Waals surface area contributed by atoms with E-state index in [0.29, 0.717) is 19.4 Å². The van der Waals surface area contributed by atoms with E-state index in [0.717, 1.165) is 0 Å². The van der Waals surface area contributed by atoms with E-state index in [1.54, 1.807) is 0 Å². The van der Waals surface area contributed by atoms with E-state index >= 15 is 0 Å². The van der Waals surface area contributed by atoms with Gasteiger partial charge in [0.15, 0.2) is 0 Å². The first kappa shape index (κ1) is 15.5. The van der Waals surface area contributed by atoms with E-state index in [1.165, 1.54) is 0 Å². The summed E-state index contributed by atoms with van der Waals surface area (Å²) in [5.74, 6) is -1.33. The van der Waals surface area contributed by atoms with Crippen LogP contribution in [0.2, 0.25) is 0 Å². The molecule has 8 nitrogen and oxygen atoms in total. The molecule has 0 bridgehead atoms. The summed E-state index contributed by atoms with van der Waals surface area (Å²) in [6.45, 7) is 0.399. The van der Waals surface area contributed by atoms with Gasteiger partial charge in [-0.1, -0.05) is 0 Å². The molecule has 0 aliphatic carbocycles. The molecule has 0 saturated heterocycles. The highest BCUT2D eigenvalue weighted by molar-refractivity contribution is 7.51. The molecular formula is C7H17N2O6P. The largest absolute Gasteiger partial charge is 0.480 e. The van der Waals surface area contributed by atoms with Gasteiger partial charge in [0.2, 0.25) is 0 Å². The Labute approximate surface area is 92.8 Å². The van der Waals surface area contributed by atoms with E-state index in [9.17, 15) is 14.6 Å². The Hall–Kier alpha value is -0.500. The number of nitrogens with two attached hydrogens (primary N) is 1. The lowest BCUT2D eigenvalue weighted by molar-refractivity contribution is -0.166. The molecule has 0 aromatic carbocycles. The molecule has 1 atom stereocenters. The summed E-state index contributed by atoms with van der Waals surface area (Å²) in [5.41, 5.74) is 5.22. The monoisotopic (exact) mass is 256 g/mol. The Morgan fingerprint density at radius 1 is 1.38 bits per heavy atom. The molecule has 0 aliphatic heterocycles. The van der Waals surface area contributed by atoms with Crippen molar-refractivity contribution < 1.29 is 29.5 Å². The Balaban J connectivity index is 4.30. The van der Waals surface area contributed by atoms with Gasteiger partial charge >= 0.3 is 13.6 Å². The molecule has 0 amide bonds. The molecule has 0 heterocycles. The van der Waals surface area contributed by atoms with Gasteiger partial charge in [0.05, 0.1) is 0 Å². The van der Waals surface area contributed by atoms with Gasteiger partial charge in [-0.3, -0.25) is 9.36 Å². The minimum absolute atomic E-state index is 0.0863. The standard InChI is InChI=1S/C7H17N2O6P/c8-4-2-1-3-6(7(10)11)9(12)5-16(13,14)15/h6,12H,1-5,8H2,(H,10,11)(H2,13,14,15). The number of carboxylic acid groups (broad SMARTS) is 1. The molecule has 0 fully saturated rings. The number of carbonyl (C=O) groups is 1. The molecule has 9 heteroatoms. The van der Waals surface area contributed by atoms with Gasteiger partial charge in [-0.05, 0) is 25.8 Å². The van der Waals surface area contributed by atoms with E-state index in [4.69, 9.17) is 20.6 Å². The number of unbranched alkanes of at least 4 members (excludes halogenated alkanes) is 1. The highest BCUT2D eigenvalue weighted by Gasteiger charge is 2.29. The van der Waals surface area contributed by atoms with Gasteiger partial charge in [0.25, 0.3) is 0 Å². The molecule has 0 aromatic rings. The zero-order valence-electron chi connectivity index (χ0n) is 8.69. The maximum Gasteiger partial charge on any atom is 0.341 e. The van der Waals surface area contributed by atoms with Crippen LogP contribution in [0.15, 0.2) is 0 Å². The Morgan fingerprint density at radius 3 is 2.31 bits per heavy atom. The quantitative estimate of drug-likeness (QED) is 0.220. The average Bonchev–Trinajstić information content (AvgIpc) is 2.08. The molecule has 0 saturated carbocycles. The number of carboxylic acids is 1. The van der Waals surface area contributed by atoms with Crippen molar-refractivity contribution >= 4 is 13.6 Å². The van der Waals surface area contributed by atoms with Crippen LogP contribution in [-0.2, 0) is 9.36 Å². The lowest BCUT2D eigenvalue weighted by Gasteiger charge is -2.22. The second-order valence-electron chi connectivity index (χ2n) is 3.38. The minimum atomic E-state index is -4.47. The lowest BCUT2D eigenvalue weighted by atomic mass is 10.1. The summed E-state index contributed by atoms with van der Waals surface area (Å²) < 4.78 is 10.6. The summed E-state index contributed by atoms with van der Waals surface area (Å²) in [6, 6.07) is -1.32. The van der Waals surface area contributed by atoms with Gasteiger partial charge < -0.3 is 25.8 Å². The maximum absolute atomic E-state index is 10.7. The van der Waals surface area contributed by atoms with Crippen LogP contribution >= 0.6 is 7.60 Å². The van der Waals surface area contributed by atoms with Gasteiger partial charge in [-0.25, -0.2) is 0 Å². The van der Waals surface area contributed by atoms with Gasteiger partial charge in [-0.2, -0.15) is 5.06 Å². The van der Waals surface area contributed by atoms with Crippen molar-refractivity contribution in [3.8, 4) is 0 Å². The summed E-state index contributed by atoms with van der Waals surface area (Å²) in [4.78, 5) is 27.9. The molecule has 6 N–H and O–H groups in total. The SMILES string of the molecule is NCCCCC(C(=O)O)N(O)CP(=O)(O)O. The first-order chi connectivity index (χ1) is 7.28. The third kappa shape index (κ3) is 6.89. The highest BCUT2D eigenvalue weighted by Crippen LogP contribution is 2.35. The van der Waals surface area contributed by atoms with Crippen molar-refractivity contribution in [2.45, 2.75) is 25.3 Å². The van der Waals surface area contributed by atoms with Gasteiger partial charge in [-0.15, -0.1) is 0 Å². The first-order valence-corrected chi connectivity index (χ1v) is 6.50. The number of hydrogen-bond donors (Lipinski definition) is 5. The third-order valence-electron chi connectivity index (χ3n) is 1.91. The third-order valence-corrected chi connectivity index (χ3v) is 2.56. The number of aliphatic carboxylic acids is 1. The van der Waals surface area contributed by atoms with Crippen LogP contribution < -0.4 is 5.73 Å². The Morgan fingerprint density at radius 2 is 1.94 bits per heavy atom. The van der Waals surface area contributed by atoms with Crippen molar-refractivity contribution in [1.82, 2.24) is 5.06 Å². The molecule has 16 heavy (non-hydrogen) atoms. The molecule has 0 radical (unpaired) electrons. The molecular weight excluding hydrogens is 239 g/mol. The zero-order chi connectivity index (χ0) is 12.8. The van der Waals surface area contributed by atoms with Crippen molar-refractivity contribution in [2.24, 2.45) is 5.73 Å². The fourth-order valence-corrected chi connectivity index (χ4v) is 1.74. The van der Waals surface area contributed by atoms with Crippen LogP contribution in [0, 0.1) is 0 Å². The first-order valence-electron chi connectivity index (χ1n) is 4.71. The van der Waals surface area contributed by atoms with Gasteiger partial charge in [0.1, 0.15) is 12.3 Å². The molecule has 0 aliphatic rings. The average molecular weight is 256 g/mol. The summed E-state index contributed by atoms with van der Waals surface area (Å²) in [6.07, 6.45) is 0.148. The fourth-order valence-electron chi connectivity index (χ4n) is 1.17. The van der Waals surface area contributed by atoms with Crippen molar-refractivity contribution in [1.29, 1.82) is 0 Å². The lowest BCUT2D eigenvalue weighted by Crippen LogP contribution is -2.39. The topological polar surface area (TPSA) is 144 Å². The van der Waals surface area contributed by atoms with Crippen LogP contribution in [0.25, 0.3) is 0 Å². The molecule has 0 aromatic heterocycles. The maximum atomic E-state index is 10.7. The van der Waals surface area contributed by atoms with Crippen molar-refractivity contribution in [3.63, 3.8) is 0 Å². The number of rotatable bonds is 8. The van der Waals surface area contributed by atoms with Crippen LogP contribution in [0.5, 0.6) is 0 Å².